The van der Waals surface area contributed by atoms with Crippen LogP contribution < -0.4 is 16.0 Å². The standard InChI is InChI=1S/C19H28N4O2/c24-18(21-10-6-15-5-9-20-13-15)7-11-22-19(25)23-12-8-16-3-1-2-4-17(16)14-23/h1-4,15,20H,5-14H2,(H,21,24)(H,22,25). The first-order valence-corrected chi connectivity index (χ1v) is 9.29. The molecule has 0 bridgehead atoms. The van der Waals surface area contributed by atoms with Crippen molar-refractivity contribution >= 4 is 11.9 Å². The van der Waals surface area contributed by atoms with E-state index >= 15 is 0 Å². The van der Waals surface area contributed by atoms with Crippen LogP contribution in [0.15, 0.2) is 24.3 Å². The molecular formula is C19H28N4O2. The van der Waals surface area contributed by atoms with E-state index in [2.05, 4.69) is 28.1 Å². The Morgan fingerprint density at radius 2 is 2.00 bits per heavy atom. The van der Waals surface area contributed by atoms with Gasteiger partial charge in [-0.15, -0.1) is 0 Å². The van der Waals surface area contributed by atoms with E-state index in [1.807, 2.05) is 17.0 Å². The molecule has 6 nitrogen and oxygen atoms in total. The van der Waals surface area contributed by atoms with E-state index in [0.29, 0.717) is 25.4 Å². The summed E-state index contributed by atoms with van der Waals surface area (Å²) in [6.07, 6.45) is 3.45. The van der Waals surface area contributed by atoms with Crippen LogP contribution in [-0.2, 0) is 17.8 Å². The van der Waals surface area contributed by atoms with Gasteiger partial charge in [-0.1, -0.05) is 24.3 Å². The zero-order valence-corrected chi connectivity index (χ0v) is 14.7. The summed E-state index contributed by atoms with van der Waals surface area (Å²) in [6.45, 7) is 4.63. The van der Waals surface area contributed by atoms with Crippen molar-refractivity contribution in [3.05, 3.63) is 35.4 Å². The Balaban J connectivity index is 1.30. The molecule has 1 aromatic carbocycles. The maximum Gasteiger partial charge on any atom is 0.317 e. The summed E-state index contributed by atoms with van der Waals surface area (Å²) in [5, 5.41) is 9.14. The average Bonchev–Trinajstić information content (AvgIpc) is 3.14. The highest BCUT2D eigenvalue weighted by molar-refractivity contribution is 5.78. The fraction of sp³-hybridized carbons (Fsp3) is 0.579. The quantitative estimate of drug-likeness (QED) is 0.727. The van der Waals surface area contributed by atoms with E-state index in [9.17, 15) is 9.59 Å². The Morgan fingerprint density at radius 3 is 2.80 bits per heavy atom. The van der Waals surface area contributed by atoms with Gasteiger partial charge in [0, 0.05) is 32.6 Å². The van der Waals surface area contributed by atoms with Crippen molar-refractivity contribution in [3.8, 4) is 0 Å². The second-order valence-electron chi connectivity index (χ2n) is 6.92. The molecule has 1 aromatic rings. The average molecular weight is 344 g/mol. The van der Waals surface area contributed by atoms with Gasteiger partial charge in [0.25, 0.3) is 0 Å². The minimum atomic E-state index is -0.0840. The first-order valence-electron chi connectivity index (χ1n) is 9.29. The molecule has 1 fully saturated rings. The maximum absolute atomic E-state index is 12.3. The Hall–Kier alpha value is -2.08. The van der Waals surface area contributed by atoms with Crippen LogP contribution in [0.1, 0.15) is 30.4 Å². The Bertz CT molecular complexity index is 599. The monoisotopic (exact) mass is 344 g/mol. The number of nitrogens with zero attached hydrogens (tertiary/aromatic N) is 1. The second kappa shape index (κ2) is 8.85. The molecule has 3 amide bonds. The number of hydrogen-bond acceptors (Lipinski definition) is 3. The van der Waals surface area contributed by atoms with Gasteiger partial charge < -0.3 is 20.9 Å². The van der Waals surface area contributed by atoms with Gasteiger partial charge >= 0.3 is 6.03 Å². The molecule has 1 unspecified atom stereocenters. The normalized spacial score (nSPS) is 19.4. The third-order valence-electron chi connectivity index (χ3n) is 5.08. The Kier molecular flexibility index (Phi) is 6.28. The number of urea groups is 1. The van der Waals surface area contributed by atoms with Crippen molar-refractivity contribution in [2.75, 3.05) is 32.7 Å². The predicted octanol–water partition coefficient (Wildman–Crippen LogP) is 1.26. The molecule has 2 aliphatic heterocycles. The van der Waals surface area contributed by atoms with Gasteiger partial charge in [-0.3, -0.25) is 4.79 Å². The van der Waals surface area contributed by atoms with Gasteiger partial charge in [0.15, 0.2) is 0 Å². The van der Waals surface area contributed by atoms with E-state index in [0.717, 1.165) is 39.0 Å². The van der Waals surface area contributed by atoms with Crippen molar-refractivity contribution in [1.82, 2.24) is 20.9 Å². The van der Waals surface area contributed by atoms with Gasteiger partial charge in [0.05, 0.1) is 0 Å². The highest BCUT2D eigenvalue weighted by Gasteiger charge is 2.20. The summed E-state index contributed by atoms with van der Waals surface area (Å²) in [6, 6.07) is 8.15. The molecule has 0 radical (unpaired) electrons. The van der Waals surface area contributed by atoms with E-state index < -0.39 is 0 Å². The van der Waals surface area contributed by atoms with Crippen molar-refractivity contribution in [2.24, 2.45) is 5.92 Å². The van der Waals surface area contributed by atoms with E-state index in [1.165, 1.54) is 17.5 Å². The number of benzene rings is 1. The minimum absolute atomic E-state index is 0.00949. The lowest BCUT2D eigenvalue weighted by atomic mass is 10.0. The van der Waals surface area contributed by atoms with Crippen LogP contribution >= 0.6 is 0 Å². The van der Waals surface area contributed by atoms with Gasteiger partial charge in [-0.2, -0.15) is 0 Å². The topological polar surface area (TPSA) is 73.5 Å². The number of rotatable bonds is 6. The van der Waals surface area contributed by atoms with Crippen LogP contribution in [0.2, 0.25) is 0 Å². The lowest BCUT2D eigenvalue weighted by Gasteiger charge is -2.28. The van der Waals surface area contributed by atoms with Gasteiger partial charge in [0.2, 0.25) is 5.91 Å². The van der Waals surface area contributed by atoms with E-state index in [1.54, 1.807) is 0 Å². The minimum Gasteiger partial charge on any atom is -0.356 e. The third-order valence-corrected chi connectivity index (χ3v) is 5.08. The third kappa shape index (κ3) is 5.19. The predicted molar refractivity (Wildman–Crippen MR) is 97.2 cm³/mol. The summed E-state index contributed by atoms with van der Waals surface area (Å²) >= 11 is 0. The first kappa shape index (κ1) is 17.7. The number of carbonyl (C=O) groups is 2. The van der Waals surface area contributed by atoms with Crippen LogP contribution in [0.25, 0.3) is 0 Å². The molecule has 136 valence electrons. The smallest absolute Gasteiger partial charge is 0.317 e. The zero-order valence-electron chi connectivity index (χ0n) is 14.7. The molecule has 3 N–H and O–H groups in total. The fourth-order valence-corrected chi connectivity index (χ4v) is 3.53. The van der Waals surface area contributed by atoms with Gasteiger partial charge in [-0.25, -0.2) is 4.79 Å². The van der Waals surface area contributed by atoms with E-state index in [4.69, 9.17) is 0 Å². The Labute approximate surface area is 149 Å². The number of amides is 3. The number of nitrogens with one attached hydrogen (secondary N) is 3. The molecule has 0 spiro atoms. The molecule has 0 aliphatic carbocycles. The highest BCUT2D eigenvalue weighted by atomic mass is 16.2. The Morgan fingerprint density at radius 1 is 1.16 bits per heavy atom. The second-order valence-corrected chi connectivity index (χ2v) is 6.92. The fourth-order valence-electron chi connectivity index (χ4n) is 3.53. The maximum atomic E-state index is 12.3. The highest BCUT2D eigenvalue weighted by Crippen LogP contribution is 2.18. The first-order chi connectivity index (χ1) is 12.2. The lowest BCUT2D eigenvalue weighted by molar-refractivity contribution is -0.120. The summed E-state index contributed by atoms with van der Waals surface area (Å²) in [5.41, 5.74) is 2.53. The van der Waals surface area contributed by atoms with Crippen LogP contribution in [-0.4, -0.2) is 49.6 Å². The largest absolute Gasteiger partial charge is 0.356 e. The van der Waals surface area contributed by atoms with Crippen LogP contribution in [0, 0.1) is 5.92 Å². The SMILES string of the molecule is O=C(CCNC(=O)N1CCc2ccccc2C1)NCCC1CCNC1. The van der Waals surface area contributed by atoms with E-state index in [-0.39, 0.29) is 11.9 Å². The van der Waals surface area contributed by atoms with Crippen LogP contribution in [0.4, 0.5) is 4.79 Å². The molecule has 1 saturated heterocycles. The molecule has 2 heterocycles. The summed E-state index contributed by atoms with van der Waals surface area (Å²) < 4.78 is 0. The zero-order chi connectivity index (χ0) is 17.5. The van der Waals surface area contributed by atoms with Gasteiger partial charge in [-0.05, 0) is 49.4 Å². The summed E-state index contributed by atoms with van der Waals surface area (Å²) in [4.78, 5) is 25.9. The van der Waals surface area contributed by atoms with Crippen LogP contribution in [0.3, 0.4) is 0 Å². The molecule has 0 aromatic heterocycles. The van der Waals surface area contributed by atoms with Crippen molar-refractivity contribution < 1.29 is 9.59 Å². The lowest BCUT2D eigenvalue weighted by Crippen LogP contribution is -2.43. The van der Waals surface area contributed by atoms with Crippen molar-refractivity contribution in [1.29, 1.82) is 0 Å². The molecular weight excluding hydrogens is 316 g/mol. The number of carbonyl (C=O) groups excluding carboxylic acids is 2. The van der Waals surface area contributed by atoms with Crippen molar-refractivity contribution in [2.45, 2.75) is 32.2 Å². The molecule has 2 aliphatic rings. The molecule has 3 rings (SSSR count). The molecule has 1 atom stereocenters. The number of fused-ring (bicyclic) bond motifs is 1. The van der Waals surface area contributed by atoms with Crippen molar-refractivity contribution in [3.63, 3.8) is 0 Å². The summed E-state index contributed by atoms with van der Waals surface area (Å²) in [5.74, 6) is 0.692. The molecule has 6 heteroatoms. The van der Waals surface area contributed by atoms with Gasteiger partial charge in [0.1, 0.15) is 0 Å². The van der Waals surface area contributed by atoms with Crippen LogP contribution in [0.5, 0.6) is 0 Å². The number of hydrogen-bond donors (Lipinski definition) is 3. The summed E-state index contributed by atoms with van der Waals surface area (Å²) in [7, 11) is 0. The molecule has 25 heavy (non-hydrogen) atoms. The molecule has 0 saturated carbocycles.